The van der Waals surface area contributed by atoms with Crippen molar-refractivity contribution >= 4 is 5.96 Å². The fraction of sp³-hybridized carbons (Fsp3) is 0.286. The molecule has 0 aliphatic heterocycles. The molecule has 0 fully saturated rings. The van der Waals surface area contributed by atoms with E-state index in [4.69, 9.17) is 0 Å². The zero-order chi connectivity index (χ0) is 18.9. The van der Waals surface area contributed by atoms with Gasteiger partial charge in [-0.15, -0.1) is 0 Å². The highest BCUT2D eigenvalue weighted by Crippen LogP contribution is 2.08. The average molecular weight is 362 g/mol. The molecule has 27 heavy (non-hydrogen) atoms. The molecule has 2 N–H and O–H groups in total. The minimum Gasteiger partial charge on any atom is -0.356 e. The highest BCUT2D eigenvalue weighted by atomic mass is 15.3. The molecule has 0 atom stereocenters. The van der Waals surface area contributed by atoms with Crippen LogP contribution in [0.4, 0.5) is 0 Å². The Bertz CT molecular complexity index is 835. The molecule has 0 saturated heterocycles. The summed E-state index contributed by atoms with van der Waals surface area (Å²) in [6, 6.07) is 14.5. The molecule has 0 aliphatic carbocycles. The summed E-state index contributed by atoms with van der Waals surface area (Å²) in [5, 5.41) is 11.0. The first-order valence-electron chi connectivity index (χ1n) is 9.19. The molecule has 0 amide bonds. The highest BCUT2D eigenvalue weighted by molar-refractivity contribution is 5.79. The van der Waals surface area contributed by atoms with Crippen molar-refractivity contribution in [2.24, 2.45) is 4.99 Å². The SMILES string of the molecule is CN=C(NCCc1ccc(-n2cccn2)cc1)NCCc1ccc(C)nc1. The second-order valence-electron chi connectivity index (χ2n) is 6.35. The lowest BCUT2D eigenvalue weighted by Gasteiger charge is -2.12. The van der Waals surface area contributed by atoms with Gasteiger partial charge in [0.1, 0.15) is 0 Å². The molecule has 1 aromatic carbocycles. The molecule has 6 nitrogen and oxygen atoms in total. The van der Waals surface area contributed by atoms with E-state index < -0.39 is 0 Å². The van der Waals surface area contributed by atoms with E-state index >= 15 is 0 Å². The monoisotopic (exact) mass is 362 g/mol. The van der Waals surface area contributed by atoms with Gasteiger partial charge in [0.15, 0.2) is 5.96 Å². The number of nitrogens with one attached hydrogen (secondary N) is 2. The van der Waals surface area contributed by atoms with Gasteiger partial charge in [-0.25, -0.2) is 4.68 Å². The lowest BCUT2D eigenvalue weighted by molar-refractivity contribution is 0.782. The van der Waals surface area contributed by atoms with Crippen molar-refractivity contribution in [2.75, 3.05) is 20.1 Å². The third-order valence-electron chi connectivity index (χ3n) is 4.31. The minimum atomic E-state index is 0.822. The molecular weight excluding hydrogens is 336 g/mol. The highest BCUT2D eigenvalue weighted by Gasteiger charge is 2.00. The van der Waals surface area contributed by atoms with Crippen LogP contribution < -0.4 is 10.6 Å². The van der Waals surface area contributed by atoms with Crippen molar-refractivity contribution in [1.29, 1.82) is 0 Å². The van der Waals surface area contributed by atoms with Crippen LogP contribution in [0.1, 0.15) is 16.8 Å². The van der Waals surface area contributed by atoms with Gasteiger partial charge in [-0.3, -0.25) is 9.98 Å². The van der Waals surface area contributed by atoms with E-state index in [0.717, 1.165) is 43.3 Å². The largest absolute Gasteiger partial charge is 0.356 e. The first kappa shape index (κ1) is 18.6. The van der Waals surface area contributed by atoms with E-state index in [0.29, 0.717) is 0 Å². The van der Waals surface area contributed by atoms with Crippen LogP contribution in [0.15, 0.2) is 66.0 Å². The van der Waals surface area contributed by atoms with E-state index in [1.165, 1.54) is 11.1 Å². The standard InChI is InChI=1S/C21H26N6/c1-17-4-5-19(16-25-17)11-14-24-21(22-2)23-13-10-18-6-8-20(9-7-18)27-15-3-12-26-27/h3-9,12,15-16H,10-11,13-14H2,1-2H3,(H2,22,23,24). The van der Waals surface area contributed by atoms with Crippen molar-refractivity contribution in [3.63, 3.8) is 0 Å². The van der Waals surface area contributed by atoms with Crippen LogP contribution in [-0.2, 0) is 12.8 Å². The Morgan fingerprint density at radius 3 is 2.30 bits per heavy atom. The molecule has 0 bridgehead atoms. The predicted molar refractivity (Wildman–Crippen MR) is 109 cm³/mol. The third-order valence-corrected chi connectivity index (χ3v) is 4.31. The van der Waals surface area contributed by atoms with Crippen molar-refractivity contribution < 1.29 is 0 Å². The average Bonchev–Trinajstić information content (AvgIpc) is 3.23. The number of aryl methyl sites for hydroxylation is 1. The molecule has 6 heteroatoms. The Balaban J connectivity index is 1.39. The van der Waals surface area contributed by atoms with Gasteiger partial charge < -0.3 is 10.6 Å². The van der Waals surface area contributed by atoms with Crippen molar-refractivity contribution in [3.8, 4) is 5.69 Å². The predicted octanol–water partition coefficient (Wildman–Crippen LogP) is 2.53. The third kappa shape index (κ3) is 5.67. The summed E-state index contributed by atoms with van der Waals surface area (Å²) in [6.07, 6.45) is 7.51. The fourth-order valence-electron chi connectivity index (χ4n) is 2.75. The molecule has 3 rings (SSSR count). The first-order chi connectivity index (χ1) is 13.2. The maximum Gasteiger partial charge on any atom is 0.190 e. The van der Waals surface area contributed by atoms with Gasteiger partial charge in [-0.2, -0.15) is 5.10 Å². The van der Waals surface area contributed by atoms with Gasteiger partial charge in [0.25, 0.3) is 0 Å². The van der Waals surface area contributed by atoms with Crippen LogP contribution in [0.3, 0.4) is 0 Å². The number of nitrogens with zero attached hydrogens (tertiary/aromatic N) is 4. The molecule has 2 aromatic heterocycles. The summed E-state index contributed by atoms with van der Waals surface area (Å²) in [6.45, 7) is 3.65. The van der Waals surface area contributed by atoms with Crippen LogP contribution in [0.2, 0.25) is 0 Å². The molecule has 0 radical (unpaired) electrons. The lowest BCUT2D eigenvalue weighted by atomic mass is 10.1. The van der Waals surface area contributed by atoms with E-state index in [1.54, 1.807) is 13.2 Å². The summed E-state index contributed by atoms with van der Waals surface area (Å²) in [4.78, 5) is 8.60. The molecule has 2 heterocycles. The number of benzene rings is 1. The molecule has 3 aromatic rings. The molecule has 140 valence electrons. The van der Waals surface area contributed by atoms with Gasteiger partial charge in [0.05, 0.1) is 5.69 Å². The van der Waals surface area contributed by atoms with Crippen LogP contribution >= 0.6 is 0 Å². The Morgan fingerprint density at radius 2 is 1.70 bits per heavy atom. The van der Waals surface area contributed by atoms with Crippen molar-refractivity contribution in [2.45, 2.75) is 19.8 Å². The molecule has 0 unspecified atom stereocenters. The number of pyridine rings is 1. The number of aliphatic imine (C=N–C) groups is 1. The van der Waals surface area contributed by atoms with Gasteiger partial charge >= 0.3 is 0 Å². The Hall–Kier alpha value is -3.15. The minimum absolute atomic E-state index is 0.822. The molecule has 0 spiro atoms. The topological polar surface area (TPSA) is 67.1 Å². The van der Waals surface area contributed by atoms with E-state index in [2.05, 4.69) is 56.0 Å². The zero-order valence-electron chi connectivity index (χ0n) is 15.9. The smallest absolute Gasteiger partial charge is 0.190 e. The summed E-state index contributed by atoms with van der Waals surface area (Å²) in [7, 11) is 1.79. The zero-order valence-corrected chi connectivity index (χ0v) is 15.9. The van der Waals surface area contributed by atoms with Crippen molar-refractivity contribution in [1.82, 2.24) is 25.4 Å². The molecular formula is C21H26N6. The second-order valence-corrected chi connectivity index (χ2v) is 6.35. The van der Waals surface area contributed by atoms with Crippen LogP contribution in [0.25, 0.3) is 5.69 Å². The molecule has 0 saturated carbocycles. The van der Waals surface area contributed by atoms with Gasteiger partial charge in [0, 0.05) is 44.4 Å². The second kappa shape index (κ2) is 9.52. The summed E-state index contributed by atoms with van der Waals surface area (Å²) >= 11 is 0. The maximum absolute atomic E-state index is 4.32. The lowest BCUT2D eigenvalue weighted by Crippen LogP contribution is -2.39. The van der Waals surface area contributed by atoms with E-state index in [1.807, 2.05) is 36.1 Å². The van der Waals surface area contributed by atoms with Crippen LogP contribution in [0.5, 0.6) is 0 Å². The first-order valence-corrected chi connectivity index (χ1v) is 9.19. The normalized spacial score (nSPS) is 11.4. The summed E-state index contributed by atoms with van der Waals surface area (Å²) in [5.74, 6) is 0.822. The number of aromatic nitrogens is 3. The number of hydrogen-bond donors (Lipinski definition) is 2. The Kier molecular flexibility index (Phi) is 6.57. The number of hydrogen-bond acceptors (Lipinski definition) is 3. The van der Waals surface area contributed by atoms with Gasteiger partial charge in [-0.05, 0) is 55.2 Å². The van der Waals surface area contributed by atoms with Crippen molar-refractivity contribution in [3.05, 3.63) is 77.9 Å². The van der Waals surface area contributed by atoms with Gasteiger partial charge in [-0.1, -0.05) is 18.2 Å². The molecule has 0 aliphatic rings. The van der Waals surface area contributed by atoms with Gasteiger partial charge in [0.2, 0.25) is 0 Å². The quantitative estimate of drug-likeness (QED) is 0.501. The van der Waals surface area contributed by atoms with Crippen LogP contribution in [0, 0.1) is 6.92 Å². The number of rotatable bonds is 7. The van der Waals surface area contributed by atoms with E-state index in [9.17, 15) is 0 Å². The number of guanidine groups is 1. The Morgan fingerprint density at radius 1 is 1.00 bits per heavy atom. The van der Waals surface area contributed by atoms with Crippen LogP contribution in [-0.4, -0.2) is 40.9 Å². The Labute approximate surface area is 160 Å². The summed E-state index contributed by atoms with van der Waals surface area (Å²) < 4.78 is 1.86. The maximum atomic E-state index is 4.32. The van der Waals surface area contributed by atoms with E-state index in [-0.39, 0.29) is 0 Å². The summed E-state index contributed by atoms with van der Waals surface area (Å²) in [5.41, 5.74) is 4.61. The fourth-order valence-corrected chi connectivity index (χ4v) is 2.75.